The zero-order valence-electron chi connectivity index (χ0n) is 40.8. The van der Waals surface area contributed by atoms with Crippen LogP contribution in [-0.4, -0.2) is 3.21 Å². The van der Waals surface area contributed by atoms with Crippen LogP contribution in [0.1, 0.15) is 102 Å². The van der Waals surface area contributed by atoms with Gasteiger partial charge in [0.25, 0.3) is 0 Å². The van der Waals surface area contributed by atoms with E-state index in [0.717, 1.165) is 56.1 Å². The van der Waals surface area contributed by atoms with Crippen LogP contribution in [-0.2, 0) is 43.0 Å². The molecule has 0 amide bonds. The predicted molar refractivity (Wildman–Crippen MR) is 263 cm³/mol. The van der Waals surface area contributed by atoms with E-state index < -0.39 is 23.5 Å². The average Bonchev–Trinajstić information content (AvgIpc) is 4.04. The fraction of sp³-hybridized carbons (Fsp3) is 0.295. The molecule has 4 aliphatic carbocycles. The summed E-state index contributed by atoms with van der Waals surface area (Å²) in [5, 5.41) is 0. The maximum absolute atomic E-state index is 12.8. The minimum Gasteiger partial charge on any atom is -1.00 e. The third kappa shape index (κ3) is 9.73. The van der Waals surface area contributed by atoms with Crippen molar-refractivity contribution in [1.82, 2.24) is 0 Å². The van der Waals surface area contributed by atoms with Crippen LogP contribution in [0.15, 0.2) is 181 Å². The van der Waals surface area contributed by atoms with Crippen LogP contribution in [0.2, 0.25) is 0 Å². The van der Waals surface area contributed by atoms with Crippen molar-refractivity contribution < 1.29 is 75.4 Å². The molecule has 6 aromatic rings. The number of halogens is 8. The molecule has 1 saturated carbocycles. The number of allylic oxidation sites excluding steroid dienone is 6. The van der Waals surface area contributed by atoms with Crippen molar-refractivity contribution in [2.75, 3.05) is 0 Å². The molecule has 2 unspecified atom stereocenters. The fourth-order valence-corrected chi connectivity index (χ4v) is 12.2. The molecule has 0 aromatic heterocycles. The molecule has 10 rings (SSSR count). The van der Waals surface area contributed by atoms with Crippen LogP contribution in [0.3, 0.4) is 0 Å². The van der Waals surface area contributed by atoms with Crippen molar-refractivity contribution in [3.63, 3.8) is 0 Å². The van der Waals surface area contributed by atoms with Gasteiger partial charge in [0.1, 0.15) is 0 Å². The molecule has 4 aliphatic rings. The molecule has 0 nitrogen and oxygen atoms in total. The van der Waals surface area contributed by atoms with Gasteiger partial charge in [-0.2, -0.15) is 29.3 Å². The van der Waals surface area contributed by atoms with E-state index >= 15 is 0 Å². The van der Waals surface area contributed by atoms with Gasteiger partial charge in [0.2, 0.25) is 0 Å². The smallest absolute Gasteiger partial charge is 0.172 e. The molecule has 9 heteroatoms. The molecule has 1 fully saturated rings. The Hall–Kier alpha value is -4.55. The molecule has 364 valence electrons. The van der Waals surface area contributed by atoms with Crippen LogP contribution in [0.4, 0.5) is 26.3 Å². The minimum absolute atomic E-state index is 0. The van der Waals surface area contributed by atoms with Crippen LogP contribution < -0.4 is 24.8 Å². The molecule has 0 N–H and O–H groups in total. The topological polar surface area (TPSA) is 0 Å². The monoisotopic (exact) mass is 1060 g/mol. The standard InChI is InChI=1S/C29H37.C27H16F6.C5H5.2ClH.Zr/c1-18-25-22-17-19-13-9-10-14-20(19)24(22)21-15-11-12-16-23(21)29(25,8)28(6,7)27(4,5)26(18,2)3;28-26(29,30)24-13-9-22(10-14-24)20-5-1-18(2-6-20)17-19-3-7-21(8-4-19)23-11-15-25(16-12-23)27(31,32)33;1-2-4-5-3-1;;;/h9-11,13-15,23H,12,16-17H2,1-8H3;1-16H;1-5H;2*1H;/q-1;;-1;;;+2/p-2. The van der Waals surface area contributed by atoms with E-state index in [-0.39, 0.29) is 46.5 Å². The van der Waals surface area contributed by atoms with Crippen molar-refractivity contribution in [1.29, 1.82) is 0 Å². The van der Waals surface area contributed by atoms with Crippen molar-refractivity contribution >= 4 is 8.78 Å². The van der Waals surface area contributed by atoms with Crippen molar-refractivity contribution in [2.45, 2.75) is 87.0 Å². The van der Waals surface area contributed by atoms with E-state index in [1.165, 1.54) is 72.5 Å². The Kier molecular flexibility index (Phi) is 16.1. The van der Waals surface area contributed by atoms with Crippen LogP contribution in [0, 0.1) is 33.5 Å². The fourth-order valence-electron chi connectivity index (χ4n) is 11.4. The number of hydrogen-bond acceptors (Lipinski definition) is 0. The number of fused-ring (bicyclic) bond motifs is 6. The second-order valence-electron chi connectivity index (χ2n) is 20.4. The second kappa shape index (κ2) is 20.5. The minimum atomic E-state index is -4.36. The predicted octanol–water partition coefficient (Wildman–Crippen LogP) is 11.6. The van der Waals surface area contributed by atoms with Gasteiger partial charge in [0.15, 0.2) is 0 Å². The third-order valence-corrected chi connectivity index (χ3v) is 18.2. The molecule has 0 radical (unpaired) electrons. The van der Waals surface area contributed by atoms with E-state index in [1.807, 2.05) is 78.9 Å². The first kappa shape index (κ1) is 54.8. The molecule has 6 aromatic carbocycles. The maximum Gasteiger partial charge on any atom is -0.172 e. The Morgan fingerprint density at radius 2 is 1.04 bits per heavy atom. The Labute approximate surface area is 437 Å². The normalized spacial score (nSPS) is 20.2. The first-order chi connectivity index (χ1) is 32.0. The summed E-state index contributed by atoms with van der Waals surface area (Å²) in [5.41, 5.74) is 14.0. The van der Waals surface area contributed by atoms with Crippen molar-refractivity contribution in [3.05, 3.63) is 220 Å². The Morgan fingerprint density at radius 3 is 1.47 bits per heavy atom. The summed E-state index contributed by atoms with van der Waals surface area (Å²) in [6.45, 7) is 20.3. The Balaban J connectivity index is 0.000000205. The van der Waals surface area contributed by atoms with Crippen LogP contribution >= 0.6 is 0 Å². The summed E-state index contributed by atoms with van der Waals surface area (Å²) in [6.07, 6.45) is -0.222. The van der Waals surface area contributed by atoms with Crippen LogP contribution in [0.5, 0.6) is 0 Å². The van der Waals surface area contributed by atoms with Crippen molar-refractivity contribution in [2.24, 2.45) is 27.6 Å². The van der Waals surface area contributed by atoms with Gasteiger partial charge in [-0.1, -0.05) is 113 Å². The summed E-state index contributed by atoms with van der Waals surface area (Å²) in [4.78, 5) is 0. The summed E-state index contributed by atoms with van der Waals surface area (Å²) in [6, 6.07) is 44.5. The molecule has 0 spiro atoms. The molecular weight excluding hydrogens is 1010 g/mol. The second-order valence-corrected chi connectivity index (χ2v) is 21.6. The SMILES string of the molecule is C[C-]1C2=C3Cc4ccccc4C3=C3C=CCCC3C2(C)C(C)(C)C(C)(C)C1(C)C.FC(F)(F)c1ccc(-c2ccc([C](=[Zr+2])c3ccc(-c4ccc(C(F)(F)F)cc4)cc3)cc2)cc1.[Cl-].[Cl-].c1cc[cH-]c1. The molecule has 0 bridgehead atoms. The van der Waals surface area contributed by atoms with Gasteiger partial charge < -0.3 is 24.8 Å². The maximum atomic E-state index is 12.8. The third-order valence-electron chi connectivity index (χ3n) is 16.8. The van der Waals surface area contributed by atoms with Gasteiger partial charge in [-0.25, -0.2) is 18.1 Å². The molecular formula is C61H58Cl2F6Zr-2. The number of rotatable bonds is 4. The number of alkyl halides is 6. The summed E-state index contributed by atoms with van der Waals surface area (Å²) in [5.74, 6) is 2.24. The average molecular weight is 1070 g/mol. The van der Waals surface area contributed by atoms with Gasteiger partial charge in [0, 0.05) is 0 Å². The van der Waals surface area contributed by atoms with Gasteiger partial charge >= 0.3 is 208 Å². The zero-order valence-corrected chi connectivity index (χ0v) is 44.8. The Morgan fingerprint density at radius 1 is 0.600 bits per heavy atom. The van der Waals surface area contributed by atoms with Gasteiger partial charge in [-0.15, -0.1) is 6.92 Å². The van der Waals surface area contributed by atoms with E-state index in [9.17, 15) is 26.3 Å². The molecule has 70 heavy (non-hydrogen) atoms. The quantitative estimate of drug-likeness (QED) is 0.122. The van der Waals surface area contributed by atoms with Gasteiger partial charge in [0.05, 0.1) is 0 Å². The molecule has 0 aliphatic heterocycles. The summed E-state index contributed by atoms with van der Waals surface area (Å²) < 4.78 is 77.7. The van der Waals surface area contributed by atoms with Gasteiger partial charge in [-0.3, -0.25) is 0 Å². The summed E-state index contributed by atoms with van der Waals surface area (Å²) in [7, 11) is 0. The van der Waals surface area contributed by atoms with Gasteiger partial charge in [-0.05, 0) is 40.6 Å². The van der Waals surface area contributed by atoms with Crippen LogP contribution in [0.25, 0.3) is 27.8 Å². The molecule has 0 saturated heterocycles. The summed E-state index contributed by atoms with van der Waals surface area (Å²) >= 11 is 1.18. The van der Waals surface area contributed by atoms with E-state index in [0.29, 0.717) is 17.0 Å². The first-order valence-electron chi connectivity index (χ1n) is 23.4. The Bertz CT molecular complexity index is 2760. The number of benzene rings is 5. The molecule has 0 heterocycles. The molecule has 2 atom stereocenters. The largest absolute Gasteiger partial charge is 1.00 e. The van der Waals surface area contributed by atoms with E-state index in [1.54, 1.807) is 28.2 Å². The van der Waals surface area contributed by atoms with E-state index in [4.69, 9.17) is 0 Å². The zero-order chi connectivity index (χ0) is 49.0. The van der Waals surface area contributed by atoms with Crippen molar-refractivity contribution in [3.8, 4) is 22.3 Å². The number of hydrogen-bond donors (Lipinski definition) is 0. The first-order valence-corrected chi connectivity index (χ1v) is 24.6. The van der Waals surface area contributed by atoms with E-state index in [2.05, 4.69) is 91.8 Å².